The van der Waals surface area contributed by atoms with Crippen LogP contribution in [0.3, 0.4) is 0 Å². The lowest BCUT2D eigenvalue weighted by Gasteiger charge is -1.94. The summed E-state index contributed by atoms with van der Waals surface area (Å²) in [5.74, 6) is -0.600. The first-order chi connectivity index (χ1) is 4.22. The predicted octanol–water partition coefficient (Wildman–Crippen LogP) is 1.83. The molecule has 0 aromatic carbocycles. The molecule has 0 fully saturated rings. The normalized spacial score (nSPS) is 16.1. The Morgan fingerprint density at radius 1 is 1.44 bits per heavy atom. The van der Waals surface area contributed by atoms with Crippen molar-refractivity contribution in [2.24, 2.45) is 0 Å². The molecule has 1 rings (SSSR count). The molecule has 0 aromatic rings. The highest BCUT2D eigenvalue weighted by molar-refractivity contribution is 5.47. The molecule has 48 valence electrons. The minimum absolute atomic E-state index is 0.509. The maximum Gasteiger partial charge on any atom is 0.281 e. The van der Waals surface area contributed by atoms with Gasteiger partial charge in [0.25, 0.3) is 5.95 Å². The highest BCUT2D eigenvalue weighted by Crippen LogP contribution is 2.18. The van der Waals surface area contributed by atoms with Gasteiger partial charge in [-0.25, -0.2) is 0 Å². The lowest BCUT2D eigenvalue weighted by molar-refractivity contribution is 0.188. The molecule has 0 aromatic heterocycles. The summed E-state index contributed by atoms with van der Waals surface area (Å²) in [7, 11) is 0. The standard InChI is InChI=1S/C7H8O2/c1-5-3-2-4-6(5)7(8)9/h2-4,8-9H,1H3. The highest BCUT2D eigenvalue weighted by Gasteiger charge is 2.05. The van der Waals surface area contributed by atoms with Crippen LogP contribution in [0.15, 0.2) is 35.3 Å². The average Bonchev–Trinajstić information content (AvgIpc) is 2.13. The molecule has 9 heavy (non-hydrogen) atoms. The van der Waals surface area contributed by atoms with Crippen LogP contribution in [-0.4, -0.2) is 10.2 Å². The van der Waals surface area contributed by atoms with E-state index in [-0.39, 0.29) is 0 Å². The van der Waals surface area contributed by atoms with Gasteiger partial charge in [0.1, 0.15) is 0 Å². The van der Waals surface area contributed by atoms with Crippen LogP contribution in [0.2, 0.25) is 0 Å². The zero-order chi connectivity index (χ0) is 6.85. The number of hydrogen-bond acceptors (Lipinski definition) is 2. The summed E-state index contributed by atoms with van der Waals surface area (Å²) < 4.78 is 0. The Morgan fingerprint density at radius 3 is 2.33 bits per heavy atom. The molecule has 2 N–H and O–H groups in total. The number of hydrogen-bond donors (Lipinski definition) is 2. The zero-order valence-electron chi connectivity index (χ0n) is 5.13. The molecular weight excluding hydrogens is 116 g/mol. The van der Waals surface area contributed by atoms with Crippen molar-refractivity contribution in [2.45, 2.75) is 6.92 Å². The number of allylic oxidation sites excluding steroid dienone is 5. The van der Waals surface area contributed by atoms with Crippen LogP contribution in [0, 0.1) is 0 Å². The van der Waals surface area contributed by atoms with E-state index in [9.17, 15) is 0 Å². The first-order valence-electron chi connectivity index (χ1n) is 2.69. The van der Waals surface area contributed by atoms with E-state index < -0.39 is 5.95 Å². The Hall–Kier alpha value is -1.18. The van der Waals surface area contributed by atoms with Crippen molar-refractivity contribution < 1.29 is 10.2 Å². The van der Waals surface area contributed by atoms with Crippen molar-refractivity contribution in [1.82, 2.24) is 0 Å². The van der Waals surface area contributed by atoms with Crippen molar-refractivity contribution >= 4 is 0 Å². The van der Waals surface area contributed by atoms with Gasteiger partial charge in [0.2, 0.25) is 0 Å². The molecule has 0 atom stereocenters. The van der Waals surface area contributed by atoms with Gasteiger partial charge in [-0.2, -0.15) is 0 Å². The van der Waals surface area contributed by atoms with Gasteiger partial charge < -0.3 is 10.2 Å². The largest absolute Gasteiger partial charge is 0.481 e. The lowest BCUT2D eigenvalue weighted by Crippen LogP contribution is -1.85. The Bertz CT molecular complexity index is 205. The third-order valence-electron chi connectivity index (χ3n) is 1.27. The molecule has 0 spiro atoms. The number of aliphatic hydroxyl groups excluding tert-OH is 1. The van der Waals surface area contributed by atoms with Crippen LogP contribution in [0.4, 0.5) is 0 Å². The molecule has 0 saturated carbocycles. The maximum absolute atomic E-state index is 8.57. The summed E-state index contributed by atoms with van der Waals surface area (Å²) in [5.41, 5.74) is 1.39. The maximum atomic E-state index is 8.57. The topological polar surface area (TPSA) is 40.5 Å². The van der Waals surface area contributed by atoms with Gasteiger partial charge in [-0.1, -0.05) is 12.2 Å². The van der Waals surface area contributed by atoms with E-state index in [1.165, 1.54) is 0 Å². The van der Waals surface area contributed by atoms with E-state index in [4.69, 9.17) is 10.2 Å². The fraction of sp³-hybridized carbons (Fsp3) is 0.143. The Kier molecular flexibility index (Phi) is 1.30. The molecule has 2 nitrogen and oxygen atoms in total. The predicted molar refractivity (Wildman–Crippen MR) is 35.2 cm³/mol. The van der Waals surface area contributed by atoms with E-state index in [0.717, 1.165) is 5.57 Å². The van der Waals surface area contributed by atoms with Crippen LogP contribution < -0.4 is 0 Å². The minimum Gasteiger partial charge on any atom is -0.481 e. The molecule has 0 radical (unpaired) electrons. The van der Waals surface area contributed by atoms with E-state index in [1.807, 2.05) is 13.0 Å². The quantitative estimate of drug-likeness (QED) is 0.483. The minimum atomic E-state index is -0.600. The van der Waals surface area contributed by atoms with Gasteiger partial charge in [0, 0.05) is 0 Å². The highest BCUT2D eigenvalue weighted by atomic mass is 16.5. The molecule has 1 aliphatic carbocycles. The summed E-state index contributed by atoms with van der Waals surface area (Å²) in [6.45, 7) is 1.82. The third kappa shape index (κ3) is 0.964. The zero-order valence-corrected chi connectivity index (χ0v) is 5.13. The summed E-state index contributed by atoms with van der Waals surface area (Å²) in [6.07, 6.45) is 5.25. The fourth-order valence-corrected chi connectivity index (χ4v) is 0.761. The van der Waals surface area contributed by atoms with Gasteiger partial charge in [-0.3, -0.25) is 0 Å². The fourth-order valence-electron chi connectivity index (χ4n) is 0.761. The Labute approximate surface area is 53.4 Å². The summed E-state index contributed by atoms with van der Waals surface area (Å²) >= 11 is 0. The average molecular weight is 124 g/mol. The second kappa shape index (κ2) is 1.97. The van der Waals surface area contributed by atoms with Crippen LogP contribution in [0.1, 0.15) is 6.92 Å². The van der Waals surface area contributed by atoms with Crippen LogP contribution in [0.25, 0.3) is 0 Å². The van der Waals surface area contributed by atoms with Gasteiger partial charge in [0.15, 0.2) is 0 Å². The second-order valence-electron chi connectivity index (χ2n) is 1.95. The number of aliphatic hydroxyl groups is 2. The van der Waals surface area contributed by atoms with Crippen molar-refractivity contribution in [3.63, 3.8) is 0 Å². The molecule has 2 heteroatoms. The van der Waals surface area contributed by atoms with Crippen LogP contribution in [0.5, 0.6) is 0 Å². The summed E-state index contributed by atoms with van der Waals surface area (Å²) in [4.78, 5) is 0. The van der Waals surface area contributed by atoms with Crippen molar-refractivity contribution in [2.75, 3.05) is 0 Å². The molecule has 0 bridgehead atoms. The summed E-state index contributed by atoms with van der Waals surface area (Å²) in [5, 5.41) is 17.1. The SMILES string of the molecule is CC1=CC=CC1=C(O)O. The van der Waals surface area contributed by atoms with Crippen LogP contribution >= 0.6 is 0 Å². The van der Waals surface area contributed by atoms with E-state index in [1.54, 1.807) is 12.2 Å². The lowest BCUT2D eigenvalue weighted by atomic mass is 10.2. The third-order valence-corrected chi connectivity index (χ3v) is 1.27. The molecule has 0 saturated heterocycles. The molecule has 0 aliphatic heterocycles. The van der Waals surface area contributed by atoms with Gasteiger partial charge in [-0.15, -0.1) is 0 Å². The van der Waals surface area contributed by atoms with Gasteiger partial charge in [0.05, 0.1) is 5.57 Å². The molecule has 0 heterocycles. The van der Waals surface area contributed by atoms with E-state index in [0.29, 0.717) is 5.57 Å². The molecular formula is C7H8O2. The van der Waals surface area contributed by atoms with Gasteiger partial charge in [-0.05, 0) is 18.6 Å². The first-order valence-corrected chi connectivity index (χ1v) is 2.69. The van der Waals surface area contributed by atoms with Crippen molar-refractivity contribution in [3.05, 3.63) is 35.3 Å². The van der Waals surface area contributed by atoms with Crippen LogP contribution in [-0.2, 0) is 0 Å². The Morgan fingerprint density at radius 2 is 2.11 bits per heavy atom. The summed E-state index contributed by atoms with van der Waals surface area (Å²) in [6, 6.07) is 0. The smallest absolute Gasteiger partial charge is 0.281 e. The second-order valence-corrected chi connectivity index (χ2v) is 1.95. The van der Waals surface area contributed by atoms with E-state index in [2.05, 4.69) is 0 Å². The van der Waals surface area contributed by atoms with Gasteiger partial charge >= 0.3 is 0 Å². The molecule has 1 aliphatic rings. The molecule has 0 amide bonds. The first kappa shape index (κ1) is 5.95. The van der Waals surface area contributed by atoms with Crippen molar-refractivity contribution in [3.8, 4) is 0 Å². The monoisotopic (exact) mass is 124 g/mol. The Balaban J connectivity index is 3.00. The van der Waals surface area contributed by atoms with E-state index >= 15 is 0 Å². The molecule has 0 unspecified atom stereocenters. The van der Waals surface area contributed by atoms with Crippen molar-refractivity contribution in [1.29, 1.82) is 0 Å². The number of rotatable bonds is 0.